The third kappa shape index (κ3) is 4.91. The van der Waals surface area contributed by atoms with E-state index >= 15 is 0 Å². The predicted molar refractivity (Wildman–Crippen MR) is 101 cm³/mol. The molecule has 4 heteroatoms. The highest BCUT2D eigenvalue weighted by molar-refractivity contribution is 5.95. The molecule has 25 heavy (non-hydrogen) atoms. The molecule has 0 fully saturated rings. The molecule has 4 nitrogen and oxygen atoms in total. The number of nitrogens with zero attached hydrogens (tertiary/aromatic N) is 2. The van der Waals surface area contributed by atoms with E-state index in [1.165, 1.54) is 11.1 Å². The monoisotopic (exact) mass is 335 g/mol. The Balaban J connectivity index is 2.00. The number of para-hydroxylation sites is 1. The van der Waals surface area contributed by atoms with Gasteiger partial charge in [0.05, 0.1) is 17.3 Å². The molecular weight excluding hydrogens is 310 g/mol. The second-order valence-corrected chi connectivity index (χ2v) is 6.63. The van der Waals surface area contributed by atoms with Crippen LogP contribution in [0.2, 0.25) is 0 Å². The lowest BCUT2D eigenvalue weighted by Crippen LogP contribution is -2.39. The van der Waals surface area contributed by atoms with Gasteiger partial charge in [0.25, 0.3) is 0 Å². The number of carbonyl (C=O) groups is 1. The first kappa shape index (κ1) is 18.7. The summed E-state index contributed by atoms with van der Waals surface area (Å²) in [6.07, 6.45) is 0. The van der Waals surface area contributed by atoms with Gasteiger partial charge in [0.1, 0.15) is 6.07 Å². The fraction of sp³-hybridized carbons (Fsp3) is 0.333. The molecule has 0 aliphatic heterocycles. The number of amides is 1. The molecule has 0 aliphatic carbocycles. The molecular formula is C21H25N3O. The van der Waals surface area contributed by atoms with Crippen LogP contribution in [0.5, 0.6) is 0 Å². The quantitative estimate of drug-likeness (QED) is 0.863. The van der Waals surface area contributed by atoms with Crippen molar-refractivity contribution < 1.29 is 4.79 Å². The van der Waals surface area contributed by atoms with E-state index in [0.29, 0.717) is 23.7 Å². The minimum absolute atomic E-state index is 0.121. The molecule has 0 bridgehead atoms. The number of nitrogens with one attached hydrogen (secondary N) is 1. The smallest absolute Gasteiger partial charge is 0.241 e. The van der Waals surface area contributed by atoms with E-state index in [-0.39, 0.29) is 11.9 Å². The zero-order chi connectivity index (χ0) is 18.4. The number of hydrogen-bond donors (Lipinski definition) is 1. The van der Waals surface area contributed by atoms with E-state index in [1.54, 1.807) is 24.3 Å². The van der Waals surface area contributed by atoms with E-state index in [4.69, 9.17) is 5.26 Å². The lowest BCUT2D eigenvalue weighted by atomic mass is 10.0. The molecule has 2 rings (SSSR count). The number of likely N-dealkylation sites (N-methyl/N-ethyl adjacent to an activating group) is 1. The van der Waals surface area contributed by atoms with Crippen molar-refractivity contribution in [2.24, 2.45) is 0 Å². The first-order valence-electron chi connectivity index (χ1n) is 8.51. The van der Waals surface area contributed by atoms with Crippen molar-refractivity contribution in [1.82, 2.24) is 4.90 Å². The van der Waals surface area contributed by atoms with Gasteiger partial charge in [-0.25, -0.2) is 0 Å². The van der Waals surface area contributed by atoms with Crippen LogP contribution in [0.4, 0.5) is 5.69 Å². The van der Waals surface area contributed by atoms with E-state index in [9.17, 15) is 4.79 Å². The van der Waals surface area contributed by atoms with Gasteiger partial charge in [-0.2, -0.15) is 5.26 Å². The highest BCUT2D eigenvalue weighted by Gasteiger charge is 2.19. The largest absolute Gasteiger partial charge is 0.324 e. The Hall–Kier alpha value is -2.64. The fourth-order valence-corrected chi connectivity index (χ4v) is 2.56. The van der Waals surface area contributed by atoms with Gasteiger partial charge in [0.15, 0.2) is 0 Å². The molecule has 0 radical (unpaired) electrons. The molecule has 130 valence electrons. The number of anilines is 1. The summed E-state index contributed by atoms with van der Waals surface area (Å²) in [6.45, 7) is 6.90. The lowest BCUT2D eigenvalue weighted by Gasteiger charge is -2.24. The van der Waals surface area contributed by atoms with Crippen LogP contribution in [-0.4, -0.2) is 23.9 Å². The van der Waals surface area contributed by atoms with Gasteiger partial charge in [-0.05, 0) is 43.1 Å². The van der Waals surface area contributed by atoms with Crippen LogP contribution in [-0.2, 0) is 11.3 Å². The molecule has 1 amide bonds. The van der Waals surface area contributed by atoms with Crippen molar-refractivity contribution in [3.05, 3.63) is 65.2 Å². The normalized spacial score (nSPS) is 12.0. The van der Waals surface area contributed by atoms with Crippen LogP contribution in [0.25, 0.3) is 0 Å². The highest BCUT2D eigenvalue weighted by Crippen LogP contribution is 2.17. The summed E-state index contributed by atoms with van der Waals surface area (Å²) in [4.78, 5) is 14.5. The third-order valence-electron chi connectivity index (χ3n) is 4.42. The molecule has 0 saturated carbocycles. The SMILES string of the molecule is CC(C)c1ccc(CN(C)[C@@H](C)C(=O)Nc2ccccc2C#N)cc1. The van der Waals surface area contributed by atoms with Gasteiger partial charge in [0, 0.05) is 6.54 Å². The van der Waals surface area contributed by atoms with Crippen molar-refractivity contribution in [3.63, 3.8) is 0 Å². The van der Waals surface area contributed by atoms with E-state index in [1.807, 2.05) is 18.9 Å². The second-order valence-electron chi connectivity index (χ2n) is 6.63. The average molecular weight is 335 g/mol. The standard InChI is InChI=1S/C21H25N3O/c1-15(2)18-11-9-17(10-12-18)14-24(4)16(3)21(25)23-20-8-6-5-7-19(20)13-22/h5-12,15-16H,14H2,1-4H3,(H,23,25)/t16-/m0/s1. The van der Waals surface area contributed by atoms with E-state index in [2.05, 4.69) is 49.5 Å². The highest BCUT2D eigenvalue weighted by atomic mass is 16.2. The number of rotatable bonds is 6. The molecule has 0 saturated heterocycles. The van der Waals surface area contributed by atoms with Gasteiger partial charge in [-0.15, -0.1) is 0 Å². The van der Waals surface area contributed by atoms with Crippen LogP contribution in [0.15, 0.2) is 48.5 Å². The van der Waals surface area contributed by atoms with Crippen LogP contribution >= 0.6 is 0 Å². The van der Waals surface area contributed by atoms with E-state index in [0.717, 1.165) is 0 Å². The van der Waals surface area contributed by atoms with Crippen molar-refractivity contribution >= 4 is 11.6 Å². The van der Waals surface area contributed by atoms with Gasteiger partial charge >= 0.3 is 0 Å². The van der Waals surface area contributed by atoms with Gasteiger partial charge in [0.2, 0.25) is 5.91 Å². The number of benzene rings is 2. The van der Waals surface area contributed by atoms with Crippen molar-refractivity contribution in [2.75, 3.05) is 12.4 Å². The maximum absolute atomic E-state index is 12.5. The molecule has 2 aromatic rings. The minimum Gasteiger partial charge on any atom is -0.324 e. The Kier molecular flexibility index (Phi) is 6.32. The second kappa shape index (κ2) is 8.46. The Morgan fingerprint density at radius 1 is 1.12 bits per heavy atom. The molecule has 0 unspecified atom stereocenters. The van der Waals surface area contributed by atoms with Crippen LogP contribution in [0.1, 0.15) is 43.4 Å². The zero-order valence-electron chi connectivity index (χ0n) is 15.3. The van der Waals surface area contributed by atoms with Crippen LogP contribution in [0, 0.1) is 11.3 Å². The number of nitriles is 1. The minimum atomic E-state index is -0.309. The molecule has 1 N–H and O–H groups in total. The topological polar surface area (TPSA) is 56.1 Å². The lowest BCUT2D eigenvalue weighted by molar-refractivity contribution is -0.120. The number of carbonyl (C=O) groups excluding carboxylic acids is 1. The Labute approximate surface area is 150 Å². The Morgan fingerprint density at radius 3 is 2.36 bits per heavy atom. The zero-order valence-corrected chi connectivity index (χ0v) is 15.3. The van der Waals surface area contributed by atoms with Crippen LogP contribution in [0.3, 0.4) is 0 Å². The van der Waals surface area contributed by atoms with Crippen molar-refractivity contribution in [1.29, 1.82) is 5.26 Å². The van der Waals surface area contributed by atoms with Crippen LogP contribution < -0.4 is 5.32 Å². The first-order chi connectivity index (χ1) is 11.9. The molecule has 0 spiro atoms. The van der Waals surface area contributed by atoms with Gasteiger partial charge in [-0.1, -0.05) is 50.2 Å². The molecule has 0 aromatic heterocycles. The maximum atomic E-state index is 12.5. The maximum Gasteiger partial charge on any atom is 0.241 e. The summed E-state index contributed by atoms with van der Waals surface area (Å²) >= 11 is 0. The Bertz CT molecular complexity index is 759. The number of hydrogen-bond acceptors (Lipinski definition) is 3. The third-order valence-corrected chi connectivity index (χ3v) is 4.42. The fourth-order valence-electron chi connectivity index (χ4n) is 2.56. The first-order valence-corrected chi connectivity index (χ1v) is 8.51. The molecule has 0 aliphatic rings. The molecule has 0 heterocycles. The Morgan fingerprint density at radius 2 is 1.76 bits per heavy atom. The van der Waals surface area contributed by atoms with Crippen molar-refractivity contribution in [3.8, 4) is 6.07 Å². The summed E-state index contributed by atoms with van der Waals surface area (Å²) in [5.74, 6) is 0.390. The average Bonchev–Trinajstić information content (AvgIpc) is 2.61. The summed E-state index contributed by atoms with van der Waals surface area (Å²) in [5, 5.41) is 12.0. The van der Waals surface area contributed by atoms with E-state index < -0.39 is 0 Å². The predicted octanol–water partition coefficient (Wildman–Crippen LogP) is 4.14. The van der Waals surface area contributed by atoms with Gasteiger partial charge in [-0.3, -0.25) is 9.69 Å². The summed E-state index contributed by atoms with van der Waals surface area (Å²) in [6, 6.07) is 17.3. The molecule has 1 atom stereocenters. The van der Waals surface area contributed by atoms with Crippen molar-refractivity contribution in [2.45, 2.75) is 39.3 Å². The summed E-state index contributed by atoms with van der Waals surface area (Å²) in [5.41, 5.74) is 3.50. The van der Waals surface area contributed by atoms with Gasteiger partial charge < -0.3 is 5.32 Å². The molecule has 2 aromatic carbocycles. The summed E-state index contributed by atoms with van der Waals surface area (Å²) < 4.78 is 0. The summed E-state index contributed by atoms with van der Waals surface area (Å²) in [7, 11) is 1.93.